The number of nitrogens with one attached hydrogen (secondary N) is 1. The molecule has 10 heteroatoms. The lowest BCUT2D eigenvalue weighted by molar-refractivity contribution is -0.134. The average Bonchev–Trinajstić information content (AvgIpc) is 3.36. The predicted octanol–water partition coefficient (Wildman–Crippen LogP) is 4.34. The number of rotatable bonds is 10. The fourth-order valence-electron chi connectivity index (χ4n) is 6.11. The molecule has 242 valence electrons. The van der Waals surface area contributed by atoms with E-state index in [2.05, 4.69) is 10.2 Å². The van der Waals surface area contributed by atoms with Crippen molar-refractivity contribution < 1.29 is 29.3 Å². The number of aliphatic hydroxyl groups is 1. The van der Waals surface area contributed by atoms with Crippen molar-refractivity contribution in [1.29, 1.82) is 0 Å². The van der Waals surface area contributed by atoms with Gasteiger partial charge in [-0.2, -0.15) is 0 Å². The molecule has 3 aromatic carbocycles. The summed E-state index contributed by atoms with van der Waals surface area (Å²) in [6.45, 7) is 5.24. The Kier molecular flexibility index (Phi) is 10.1. The van der Waals surface area contributed by atoms with Crippen molar-refractivity contribution in [2.75, 3.05) is 32.1 Å². The number of aliphatic hydroxyl groups excluding tert-OH is 1. The van der Waals surface area contributed by atoms with E-state index in [4.69, 9.17) is 4.74 Å². The lowest BCUT2D eigenvalue weighted by Gasteiger charge is -2.34. The molecule has 0 spiro atoms. The van der Waals surface area contributed by atoms with E-state index in [1.54, 1.807) is 29.2 Å². The number of hydrogen-bond donors (Lipinski definition) is 3. The first-order valence-corrected chi connectivity index (χ1v) is 15.6. The van der Waals surface area contributed by atoms with Crippen molar-refractivity contribution >= 4 is 34.4 Å². The number of carbonyl (C=O) groups excluding carboxylic acids is 2. The van der Waals surface area contributed by atoms with E-state index in [0.717, 1.165) is 22.0 Å². The molecule has 0 saturated carbocycles. The fourth-order valence-corrected chi connectivity index (χ4v) is 6.11. The van der Waals surface area contributed by atoms with Gasteiger partial charge in [0.15, 0.2) is 0 Å². The van der Waals surface area contributed by atoms with E-state index < -0.39 is 5.97 Å². The summed E-state index contributed by atoms with van der Waals surface area (Å²) in [5.41, 5.74) is 4.44. The molecule has 2 heterocycles. The van der Waals surface area contributed by atoms with Crippen molar-refractivity contribution in [3.8, 4) is 5.75 Å². The zero-order chi connectivity index (χ0) is 33.0. The highest BCUT2D eigenvalue weighted by molar-refractivity contribution is 5.96. The molecule has 0 bridgehead atoms. The Labute approximate surface area is 269 Å². The van der Waals surface area contributed by atoms with Gasteiger partial charge in [-0.15, -0.1) is 0 Å². The van der Waals surface area contributed by atoms with Crippen LogP contribution in [0.1, 0.15) is 40.9 Å². The number of hydrogen-bond acceptors (Lipinski definition) is 6. The Morgan fingerprint density at radius 1 is 1.11 bits per heavy atom. The van der Waals surface area contributed by atoms with Crippen molar-refractivity contribution in [2.24, 2.45) is 13.0 Å². The van der Waals surface area contributed by atoms with Crippen LogP contribution in [0, 0.1) is 5.92 Å². The monoisotopic (exact) mass is 626 g/mol. The summed E-state index contributed by atoms with van der Waals surface area (Å²) >= 11 is 0. The second-order valence-electron chi connectivity index (χ2n) is 12.4. The van der Waals surface area contributed by atoms with Crippen LogP contribution in [0.4, 0.5) is 5.69 Å². The van der Waals surface area contributed by atoms with Gasteiger partial charge in [0, 0.05) is 61.0 Å². The van der Waals surface area contributed by atoms with Gasteiger partial charge in [-0.25, -0.2) is 4.79 Å². The summed E-state index contributed by atoms with van der Waals surface area (Å²) < 4.78 is 8.64. The Balaban J connectivity index is 1.36. The van der Waals surface area contributed by atoms with Gasteiger partial charge in [-0.3, -0.25) is 14.5 Å². The van der Waals surface area contributed by atoms with Gasteiger partial charge in [0.25, 0.3) is 0 Å². The van der Waals surface area contributed by atoms with Gasteiger partial charge in [-0.1, -0.05) is 37.3 Å². The molecule has 0 unspecified atom stereocenters. The number of aromatic carboxylic acids is 1. The minimum atomic E-state index is -0.963. The van der Waals surface area contributed by atoms with E-state index in [1.807, 2.05) is 81.2 Å². The Bertz CT molecular complexity index is 1720. The lowest BCUT2D eigenvalue weighted by Crippen LogP contribution is -2.47. The molecule has 0 saturated heterocycles. The zero-order valence-corrected chi connectivity index (χ0v) is 26.8. The zero-order valence-electron chi connectivity index (χ0n) is 26.8. The largest absolute Gasteiger partial charge is 0.488 e. The molecule has 2 amide bonds. The standard InChI is InChI=1S/C36H42N4O6/c1-23-18-40(24(2)22-41)35(43)17-27-15-29(37-34(42)16-28-20-39(4)31-8-6-5-7-30(28)31)13-14-32(27)46-33(23)21-38(3)19-25-9-11-26(12-10-25)36(44)45/h5-15,20,23-24,33,41H,16-19,21-22H2,1-4H3,(H,37,42)(H,44,45)/t23-,24-,33-/m0/s1. The van der Waals surface area contributed by atoms with Crippen LogP contribution in [-0.2, 0) is 36.0 Å². The molecule has 3 N–H and O–H groups in total. The molecule has 4 aromatic rings. The number of fused-ring (bicyclic) bond motifs is 2. The Morgan fingerprint density at radius 2 is 1.85 bits per heavy atom. The highest BCUT2D eigenvalue weighted by Crippen LogP contribution is 2.30. The molecular formula is C36H42N4O6. The molecule has 1 aromatic heterocycles. The summed E-state index contributed by atoms with van der Waals surface area (Å²) in [4.78, 5) is 41.8. The Morgan fingerprint density at radius 3 is 2.57 bits per heavy atom. The van der Waals surface area contributed by atoms with E-state index in [0.29, 0.717) is 36.6 Å². The average molecular weight is 627 g/mol. The third-order valence-corrected chi connectivity index (χ3v) is 8.68. The topological polar surface area (TPSA) is 124 Å². The normalized spacial score (nSPS) is 17.5. The SMILES string of the molecule is C[C@H]1CN([C@@H](C)CO)C(=O)Cc2cc(NC(=O)Cc3cn(C)c4ccccc34)ccc2O[C@H]1CN(C)Cc1ccc(C(=O)O)cc1. The van der Waals surface area contributed by atoms with Crippen molar-refractivity contribution in [3.63, 3.8) is 0 Å². The molecule has 0 aliphatic carbocycles. The van der Waals surface area contributed by atoms with Gasteiger partial charge >= 0.3 is 5.97 Å². The van der Waals surface area contributed by atoms with Crippen LogP contribution in [0.25, 0.3) is 10.9 Å². The molecule has 46 heavy (non-hydrogen) atoms. The van der Waals surface area contributed by atoms with E-state index in [9.17, 15) is 24.6 Å². The second-order valence-corrected chi connectivity index (χ2v) is 12.4. The number of carboxylic acids is 1. The highest BCUT2D eigenvalue weighted by Gasteiger charge is 2.31. The number of benzene rings is 3. The first-order chi connectivity index (χ1) is 22.0. The molecule has 10 nitrogen and oxygen atoms in total. The summed E-state index contributed by atoms with van der Waals surface area (Å²) in [6.07, 6.45) is 1.95. The summed E-state index contributed by atoms with van der Waals surface area (Å²) in [5, 5.41) is 23.2. The lowest BCUT2D eigenvalue weighted by atomic mass is 10.0. The van der Waals surface area contributed by atoms with Crippen molar-refractivity contribution in [1.82, 2.24) is 14.4 Å². The number of carbonyl (C=O) groups is 3. The van der Waals surface area contributed by atoms with Crippen LogP contribution in [0.3, 0.4) is 0 Å². The number of aryl methyl sites for hydroxylation is 1. The second kappa shape index (κ2) is 14.2. The summed E-state index contributed by atoms with van der Waals surface area (Å²) in [5.74, 6) is -0.734. The number of anilines is 1. The number of aromatic nitrogens is 1. The quantitative estimate of drug-likeness (QED) is 0.239. The highest BCUT2D eigenvalue weighted by atomic mass is 16.5. The van der Waals surface area contributed by atoms with Crippen molar-refractivity contribution in [2.45, 2.75) is 45.4 Å². The molecule has 1 aliphatic rings. The fraction of sp³-hybridized carbons (Fsp3) is 0.361. The number of para-hydroxylation sites is 1. The molecule has 5 rings (SSSR count). The molecule has 0 fully saturated rings. The van der Waals surface area contributed by atoms with E-state index in [-0.39, 0.29) is 54.9 Å². The summed E-state index contributed by atoms with van der Waals surface area (Å²) in [7, 11) is 3.94. The van der Waals surface area contributed by atoms with Gasteiger partial charge in [0.2, 0.25) is 11.8 Å². The maximum atomic E-state index is 13.6. The Hall–Kier alpha value is -4.67. The minimum absolute atomic E-state index is 0.0674. The van der Waals surface area contributed by atoms with Crippen LogP contribution in [0.15, 0.2) is 72.9 Å². The minimum Gasteiger partial charge on any atom is -0.488 e. The van der Waals surface area contributed by atoms with Crippen LogP contribution in [-0.4, -0.2) is 81.3 Å². The van der Waals surface area contributed by atoms with E-state index >= 15 is 0 Å². The number of amides is 2. The number of ether oxygens (including phenoxy) is 1. The van der Waals surface area contributed by atoms with Crippen LogP contribution in [0.5, 0.6) is 5.75 Å². The van der Waals surface area contributed by atoms with Crippen LogP contribution >= 0.6 is 0 Å². The molecule has 3 atom stereocenters. The maximum absolute atomic E-state index is 13.6. The third-order valence-electron chi connectivity index (χ3n) is 8.68. The van der Waals surface area contributed by atoms with E-state index in [1.165, 1.54) is 0 Å². The number of nitrogens with zero attached hydrogens (tertiary/aromatic N) is 3. The molecule has 1 aliphatic heterocycles. The van der Waals surface area contributed by atoms with Gasteiger partial charge in [0.1, 0.15) is 11.9 Å². The third kappa shape index (κ3) is 7.58. The van der Waals surface area contributed by atoms with Crippen LogP contribution < -0.4 is 10.1 Å². The van der Waals surface area contributed by atoms with Crippen molar-refractivity contribution in [3.05, 3.63) is 95.2 Å². The van der Waals surface area contributed by atoms with Crippen LogP contribution in [0.2, 0.25) is 0 Å². The maximum Gasteiger partial charge on any atom is 0.335 e. The molecule has 0 radical (unpaired) electrons. The van der Waals surface area contributed by atoms with Gasteiger partial charge in [0.05, 0.1) is 31.1 Å². The molecular weight excluding hydrogens is 584 g/mol. The number of carboxylic acid groups (broad SMARTS) is 1. The smallest absolute Gasteiger partial charge is 0.335 e. The van der Waals surface area contributed by atoms with Gasteiger partial charge in [-0.05, 0) is 61.5 Å². The first-order valence-electron chi connectivity index (χ1n) is 15.6. The predicted molar refractivity (Wildman–Crippen MR) is 177 cm³/mol. The first kappa shape index (κ1) is 32.7. The van der Waals surface area contributed by atoms with Gasteiger partial charge < -0.3 is 29.7 Å². The number of likely N-dealkylation sites (N-methyl/N-ethyl adjacent to an activating group) is 1. The summed E-state index contributed by atoms with van der Waals surface area (Å²) in [6, 6.07) is 19.8.